The van der Waals surface area contributed by atoms with E-state index in [4.69, 9.17) is 15.2 Å². The van der Waals surface area contributed by atoms with E-state index in [-0.39, 0.29) is 30.3 Å². The van der Waals surface area contributed by atoms with Crippen molar-refractivity contribution in [2.45, 2.75) is 18.9 Å². The van der Waals surface area contributed by atoms with Gasteiger partial charge >= 0.3 is 0 Å². The van der Waals surface area contributed by atoms with Crippen molar-refractivity contribution >= 4 is 17.7 Å². The molecular weight excluding hydrogens is 429 g/mol. The molecule has 2 N–H and O–H groups in total. The van der Waals surface area contributed by atoms with Crippen LogP contribution in [-0.4, -0.2) is 61.9 Å². The monoisotopic (exact) mass is 457 g/mol. The number of benzene rings is 2. The van der Waals surface area contributed by atoms with E-state index in [2.05, 4.69) is 0 Å². The van der Waals surface area contributed by atoms with Gasteiger partial charge in [0.1, 0.15) is 11.9 Å². The average molecular weight is 458 g/mol. The summed E-state index contributed by atoms with van der Waals surface area (Å²) in [5, 5.41) is 0. The highest BCUT2D eigenvalue weighted by Crippen LogP contribution is 2.29. The van der Waals surface area contributed by atoms with Crippen molar-refractivity contribution in [3.8, 4) is 11.5 Å². The zero-order valence-electron chi connectivity index (χ0n) is 18.9. The highest BCUT2D eigenvalue weighted by atomic mass is 19.1. The Hall–Kier alpha value is -3.62. The van der Waals surface area contributed by atoms with Crippen LogP contribution >= 0.6 is 0 Å². The van der Waals surface area contributed by atoms with Gasteiger partial charge in [0.25, 0.3) is 0 Å². The van der Waals surface area contributed by atoms with Crippen molar-refractivity contribution in [3.63, 3.8) is 0 Å². The van der Waals surface area contributed by atoms with Crippen LogP contribution in [0.5, 0.6) is 11.5 Å². The summed E-state index contributed by atoms with van der Waals surface area (Å²) in [5.74, 6) is -1.21. The zero-order chi connectivity index (χ0) is 24.1. The van der Waals surface area contributed by atoms with E-state index in [1.54, 1.807) is 25.2 Å². The van der Waals surface area contributed by atoms with E-state index in [1.165, 1.54) is 36.2 Å². The summed E-state index contributed by atoms with van der Waals surface area (Å²) < 4.78 is 24.2. The van der Waals surface area contributed by atoms with Crippen LogP contribution in [0.3, 0.4) is 0 Å². The Bertz CT molecular complexity index is 1040. The third kappa shape index (κ3) is 5.42. The normalized spacial score (nSPS) is 16.4. The van der Waals surface area contributed by atoms with Crippen molar-refractivity contribution in [2.24, 2.45) is 11.7 Å². The second kappa shape index (κ2) is 10.3. The van der Waals surface area contributed by atoms with Gasteiger partial charge in [0, 0.05) is 26.6 Å². The van der Waals surface area contributed by atoms with Gasteiger partial charge in [0.2, 0.25) is 17.7 Å². The number of ether oxygens (including phenoxy) is 2. The Labute approximate surface area is 192 Å². The summed E-state index contributed by atoms with van der Waals surface area (Å²) in [6.45, 7) is 0.675. The molecule has 1 saturated heterocycles. The zero-order valence-corrected chi connectivity index (χ0v) is 18.9. The fraction of sp³-hybridized carbons (Fsp3) is 0.375. The fourth-order valence-corrected chi connectivity index (χ4v) is 4.12. The molecule has 1 aliphatic heterocycles. The maximum absolute atomic E-state index is 13.7. The molecular formula is C24H28FN3O5. The predicted molar refractivity (Wildman–Crippen MR) is 119 cm³/mol. The van der Waals surface area contributed by atoms with Crippen LogP contribution in [0.2, 0.25) is 0 Å². The van der Waals surface area contributed by atoms with Crippen molar-refractivity contribution in [1.29, 1.82) is 0 Å². The van der Waals surface area contributed by atoms with Gasteiger partial charge < -0.3 is 25.0 Å². The van der Waals surface area contributed by atoms with Crippen LogP contribution in [0.25, 0.3) is 0 Å². The van der Waals surface area contributed by atoms with Gasteiger partial charge in [-0.1, -0.05) is 18.2 Å². The summed E-state index contributed by atoms with van der Waals surface area (Å²) >= 11 is 0. The Morgan fingerprint density at radius 3 is 2.55 bits per heavy atom. The first-order valence-corrected chi connectivity index (χ1v) is 10.5. The number of likely N-dealkylation sites (tertiary alicyclic amines) is 1. The predicted octanol–water partition coefficient (Wildman–Crippen LogP) is 1.92. The Morgan fingerprint density at radius 1 is 1.18 bits per heavy atom. The molecule has 8 nitrogen and oxygen atoms in total. The minimum absolute atomic E-state index is 0.0454. The maximum atomic E-state index is 13.7. The van der Waals surface area contributed by atoms with Crippen LogP contribution < -0.4 is 15.2 Å². The lowest BCUT2D eigenvalue weighted by Gasteiger charge is -2.28. The number of amides is 3. The minimum atomic E-state index is -1.12. The first-order chi connectivity index (χ1) is 15.7. The van der Waals surface area contributed by atoms with Gasteiger partial charge in [-0.3, -0.25) is 14.4 Å². The van der Waals surface area contributed by atoms with Crippen LogP contribution in [-0.2, 0) is 20.8 Å². The van der Waals surface area contributed by atoms with Gasteiger partial charge in [-0.05, 0) is 41.8 Å². The number of carbonyl (C=O) groups is 3. The molecule has 2 atom stereocenters. The first-order valence-electron chi connectivity index (χ1n) is 10.5. The van der Waals surface area contributed by atoms with Gasteiger partial charge in [-0.15, -0.1) is 0 Å². The number of likely N-dealkylation sites (N-methyl/N-ethyl adjacent to an activating group) is 1. The van der Waals surface area contributed by atoms with Crippen LogP contribution in [0.1, 0.15) is 23.6 Å². The third-order valence-electron chi connectivity index (χ3n) is 5.85. The minimum Gasteiger partial charge on any atom is -0.493 e. The molecule has 0 aromatic heterocycles. The fourth-order valence-electron chi connectivity index (χ4n) is 4.12. The number of primary amides is 1. The van der Waals surface area contributed by atoms with Crippen LogP contribution in [0, 0.1) is 11.7 Å². The molecule has 0 radical (unpaired) electrons. The number of hydrogen-bond acceptors (Lipinski definition) is 5. The molecule has 2 aromatic carbocycles. The summed E-state index contributed by atoms with van der Waals surface area (Å²) in [6, 6.07) is 9.84. The molecule has 1 aliphatic rings. The molecule has 9 heteroatoms. The topological polar surface area (TPSA) is 102 Å². The number of hydrogen-bond donors (Lipinski definition) is 1. The second-order valence-corrected chi connectivity index (χ2v) is 7.99. The largest absolute Gasteiger partial charge is 0.493 e. The van der Waals surface area contributed by atoms with Crippen LogP contribution in [0.4, 0.5) is 4.39 Å². The Morgan fingerprint density at radius 2 is 1.91 bits per heavy atom. The SMILES string of the molecule is COc1ccc(CCN2CC(C(=O)N(C)C(C(N)=O)c3cccc(F)c3)CC2=O)cc1OC. The van der Waals surface area contributed by atoms with Crippen LogP contribution in [0.15, 0.2) is 42.5 Å². The molecule has 2 unspecified atom stereocenters. The van der Waals surface area contributed by atoms with E-state index in [0.29, 0.717) is 24.5 Å². The molecule has 0 spiro atoms. The maximum Gasteiger partial charge on any atom is 0.244 e. The quantitative estimate of drug-likeness (QED) is 0.620. The van der Waals surface area contributed by atoms with Crippen molar-refractivity contribution in [3.05, 3.63) is 59.4 Å². The number of methoxy groups -OCH3 is 2. The lowest BCUT2D eigenvalue weighted by Crippen LogP contribution is -2.42. The molecule has 3 rings (SSSR count). The van der Waals surface area contributed by atoms with Gasteiger partial charge in [0.15, 0.2) is 11.5 Å². The molecule has 33 heavy (non-hydrogen) atoms. The van der Waals surface area contributed by atoms with Crippen molar-refractivity contribution < 1.29 is 28.2 Å². The van der Waals surface area contributed by atoms with E-state index in [0.717, 1.165) is 5.56 Å². The Balaban J connectivity index is 1.66. The molecule has 3 amide bonds. The molecule has 0 saturated carbocycles. The molecule has 0 aliphatic carbocycles. The van der Waals surface area contributed by atoms with E-state index < -0.39 is 23.7 Å². The molecule has 2 aromatic rings. The smallest absolute Gasteiger partial charge is 0.244 e. The summed E-state index contributed by atoms with van der Waals surface area (Å²) in [5.41, 5.74) is 6.77. The highest BCUT2D eigenvalue weighted by molar-refractivity contribution is 5.92. The summed E-state index contributed by atoms with van der Waals surface area (Å²) in [7, 11) is 4.56. The van der Waals surface area contributed by atoms with Gasteiger partial charge in [0.05, 0.1) is 20.1 Å². The highest BCUT2D eigenvalue weighted by Gasteiger charge is 2.38. The van der Waals surface area contributed by atoms with E-state index in [1.807, 2.05) is 12.1 Å². The Kier molecular flexibility index (Phi) is 7.52. The van der Waals surface area contributed by atoms with E-state index in [9.17, 15) is 18.8 Å². The molecule has 176 valence electrons. The second-order valence-electron chi connectivity index (χ2n) is 7.99. The molecule has 1 fully saturated rings. The number of rotatable bonds is 9. The van der Waals surface area contributed by atoms with Crippen molar-refractivity contribution in [1.82, 2.24) is 9.80 Å². The number of halogens is 1. The van der Waals surface area contributed by atoms with Gasteiger partial charge in [-0.25, -0.2) is 4.39 Å². The van der Waals surface area contributed by atoms with E-state index >= 15 is 0 Å². The molecule has 1 heterocycles. The lowest BCUT2D eigenvalue weighted by atomic mass is 10.0. The summed E-state index contributed by atoms with van der Waals surface area (Å²) in [4.78, 5) is 40.5. The van der Waals surface area contributed by atoms with Gasteiger partial charge in [-0.2, -0.15) is 0 Å². The number of carbonyl (C=O) groups excluding carboxylic acids is 3. The standard InChI is InChI=1S/C24H28FN3O5/c1-27(22(23(26)30)16-5-4-6-18(25)12-16)24(31)17-13-21(29)28(14-17)10-9-15-7-8-19(32-2)20(11-15)33-3/h4-8,11-12,17,22H,9-10,13-14H2,1-3H3,(H2,26,30). The summed E-state index contributed by atoms with van der Waals surface area (Å²) in [6.07, 6.45) is 0.625. The van der Waals surface area contributed by atoms with Crippen molar-refractivity contribution in [2.75, 3.05) is 34.4 Å². The first kappa shape index (κ1) is 24.0. The lowest BCUT2D eigenvalue weighted by molar-refractivity contribution is -0.141. The average Bonchev–Trinajstić information content (AvgIpc) is 3.17. The third-order valence-corrected chi connectivity index (χ3v) is 5.85. The number of nitrogens with zero attached hydrogens (tertiary/aromatic N) is 2. The number of nitrogens with two attached hydrogens (primary N) is 1. The molecule has 0 bridgehead atoms.